The molecular formula is C11H10F2O3. The normalized spacial score (nSPS) is 10.3. The molecule has 0 aliphatic rings. The van der Waals surface area contributed by atoms with Crippen LogP contribution in [-0.4, -0.2) is 18.7 Å². The number of hydrogen-bond donors (Lipinski definition) is 0. The largest absolute Gasteiger partial charge is 0.435 e. The van der Waals surface area contributed by atoms with Crippen molar-refractivity contribution in [2.24, 2.45) is 0 Å². The third-order valence-corrected chi connectivity index (χ3v) is 2.11. The van der Waals surface area contributed by atoms with Crippen LogP contribution in [0, 0.1) is 6.92 Å². The Morgan fingerprint density at radius 2 is 2.06 bits per heavy atom. The molecule has 0 heterocycles. The third kappa shape index (κ3) is 2.62. The summed E-state index contributed by atoms with van der Waals surface area (Å²) in [5, 5.41) is 0. The molecule has 0 amide bonds. The van der Waals surface area contributed by atoms with Crippen LogP contribution >= 0.6 is 0 Å². The van der Waals surface area contributed by atoms with Gasteiger partial charge in [0.05, 0.1) is 0 Å². The molecule has 1 aromatic carbocycles. The molecule has 0 unspecified atom stereocenters. The Bertz CT molecular complexity index is 427. The number of Topliss-reactive ketones (excluding diaryl/α,β-unsaturated/α-hetero) is 1. The summed E-state index contributed by atoms with van der Waals surface area (Å²) in [6.07, 6.45) is 0.476. The molecule has 3 nitrogen and oxygen atoms in total. The molecule has 0 saturated heterocycles. The molecule has 0 spiro atoms. The van der Waals surface area contributed by atoms with E-state index in [1.807, 2.05) is 0 Å². The van der Waals surface area contributed by atoms with E-state index in [4.69, 9.17) is 0 Å². The highest BCUT2D eigenvalue weighted by atomic mass is 19.3. The number of ketones is 1. The molecule has 0 aromatic heterocycles. The van der Waals surface area contributed by atoms with Crippen LogP contribution in [0.15, 0.2) is 12.1 Å². The first kappa shape index (κ1) is 12.3. The minimum absolute atomic E-state index is 0.131. The van der Waals surface area contributed by atoms with Gasteiger partial charge >= 0.3 is 6.61 Å². The standard InChI is InChI=1S/C11H10F2O3/c1-6-9(7(2)15)3-8(5-14)4-10(6)16-11(12)13/h3-5,11H,1-2H3. The quantitative estimate of drug-likeness (QED) is 0.587. The number of rotatable bonds is 4. The van der Waals surface area contributed by atoms with E-state index in [2.05, 4.69) is 4.74 Å². The van der Waals surface area contributed by atoms with Crippen molar-refractivity contribution >= 4 is 12.1 Å². The predicted octanol–water partition coefficient (Wildman–Crippen LogP) is 2.61. The van der Waals surface area contributed by atoms with Gasteiger partial charge in [-0.05, 0) is 26.0 Å². The van der Waals surface area contributed by atoms with E-state index in [1.165, 1.54) is 26.0 Å². The van der Waals surface area contributed by atoms with Crippen molar-refractivity contribution in [3.05, 3.63) is 28.8 Å². The molecule has 16 heavy (non-hydrogen) atoms. The zero-order valence-electron chi connectivity index (χ0n) is 8.79. The minimum Gasteiger partial charge on any atom is -0.435 e. The van der Waals surface area contributed by atoms with Crippen LogP contribution in [0.1, 0.15) is 33.2 Å². The van der Waals surface area contributed by atoms with E-state index < -0.39 is 6.61 Å². The van der Waals surface area contributed by atoms with Gasteiger partial charge in [0.15, 0.2) is 5.78 Å². The van der Waals surface area contributed by atoms with Gasteiger partial charge < -0.3 is 4.74 Å². The Morgan fingerprint density at radius 1 is 1.44 bits per heavy atom. The van der Waals surface area contributed by atoms with Gasteiger partial charge in [-0.2, -0.15) is 8.78 Å². The van der Waals surface area contributed by atoms with Crippen molar-refractivity contribution < 1.29 is 23.1 Å². The van der Waals surface area contributed by atoms with Gasteiger partial charge in [0.25, 0.3) is 0 Å². The number of ether oxygens (including phenoxy) is 1. The van der Waals surface area contributed by atoms with Crippen molar-refractivity contribution in [1.29, 1.82) is 0 Å². The van der Waals surface area contributed by atoms with Gasteiger partial charge in [0, 0.05) is 16.7 Å². The summed E-state index contributed by atoms with van der Waals surface area (Å²) in [4.78, 5) is 21.8. The second-order valence-electron chi connectivity index (χ2n) is 3.24. The maximum atomic E-state index is 12.1. The van der Waals surface area contributed by atoms with Gasteiger partial charge in [-0.3, -0.25) is 9.59 Å². The maximum absolute atomic E-state index is 12.1. The second-order valence-corrected chi connectivity index (χ2v) is 3.24. The Hall–Kier alpha value is -1.78. The monoisotopic (exact) mass is 228 g/mol. The van der Waals surface area contributed by atoms with Gasteiger partial charge in [-0.15, -0.1) is 0 Å². The second kappa shape index (κ2) is 4.83. The molecule has 1 aromatic rings. The topological polar surface area (TPSA) is 43.4 Å². The van der Waals surface area contributed by atoms with Gasteiger partial charge in [-0.1, -0.05) is 0 Å². The molecule has 5 heteroatoms. The van der Waals surface area contributed by atoms with Crippen LogP contribution in [0.5, 0.6) is 5.75 Å². The first-order chi connectivity index (χ1) is 7.45. The predicted molar refractivity (Wildman–Crippen MR) is 53.2 cm³/mol. The number of benzene rings is 1. The third-order valence-electron chi connectivity index (χ3n) is 2.11. The van der Waals surface area contributed by atoms with Crippen molar-refractivity contribution in [2.75, 3.05) is 0 Å². The molecule has 86 valence electrons. The van der Waals surface area contributed by atoms with E-state index in [1.54, 1.807) is 0 Å². The van der Waals surface area contributed by atoms with Crippen molar-refractivity contribution in [3.8, 4) is 5.75 Å². The number of carbonyl (C=O) groups excluding carboxylic acids is 2. The number of alkyl halides is 2. The van der Waals surface area contributed by atoms with E-state index in [9.17, 15) is 18.4 Å². The van der Waals surface area contributed by atoms with Crippen LogP contribution in [0.2, 0.25) is 0 Å². The summed E-state index contributed by atoms with van der Waals surface area (Å²) in [6.45, 7) is -0.202. The Kier molecular flexibility index (Phi) is 3.71. The lowest BCUT2D eigenvalue weighted by molar-refractivity contribution is -0.0503. The molecule has 0 saturated carbocycles. The van der Waals surface area contributed by atoms with Crippen LogP contribution < -0.4 is 4.74 Å². The van der Waals surface area contributed by atoms with Crippen molar-refractivity contribution in [1.82, 2.24) is 0 Å². The van der Waals surface area contributed by atoms with Gasteiger partial charge in [0.1, 0.15) is 12.0 Å². The van der Waals surface area contributed by atoms with Gasteiger partial charge in [-0.25, -0.2) is 0 Å². The van der Waals surface area contributed by atoms with E-state index >= 15 is 0 Å². The molecule has 1 rings (SSSR count). The number of aldehydes is 1. The van der Waals surface area contributed by atoms with Crippen LogP contribution in [0.25, 0.3) is 0 Å². The SMILES string of the molecule is CC(=O)c1cc(C=O)cc(OC(F)F)c1C. The number of halogens is 2. The summed E-state index contributed by atoms with van der Waals surface area (Å²) in [5.74, 6) is -0.454. The molecule has 0 aliphatic carbocycles. The molecule has 0 fully saturated rings. The molecule has 0 N–H and O–H groups in total. The highest BCUT2D eigenvalue weighted by Crippen LogP contribution is 2.25. The minimum atomic E-state index is -2.99. The highest BCUT2D eigenvalue weighted by molar-refractivity contribution is 5.97. The van der Waals surface area contributed by atoms with Crippen LogP contribution in [0.3, 0.4) is 0 Å². The lowest BCUT2D eigenvalue weighted by Crippen LogP contribution is -2.07. The first-order valence-electron chi connectivity index (χ1n) is 4.51. The highest BCUT2D eigenvalue weighted by Gasteiger charge is 2.14. The molecule has 0 aliphatic heterocycles. The fourth-order valence-corrected chi connectivity index (χ4v) is 1.36. The summed E-state index contributed by atoms with van der Waals surface area (Å²) in [6, 6.07) is 2.53. The van der Waals surface area contributed by atoms with Crippen molar-refractivity contribution in [3.63, 3.8) is 0 Å². The van der Waals surface area contributed by atoms with E-state index in [0.717, 1.165) is 0 Å². The molecule has 0 radical (unpaired) electrons. The first-order valence-corrected chi connectivity index (χ1v) is 4.51. The molecule has 0 bridgehead atoms. The van der Waals surface area contributed by atoms with Crippen LogP contribution in [0.4, 0.5) is 8.78 Å². The summed E-state index contributed by atoms with van der Waals surface area (Å²) >= 11 is 0. The lowest BCUT2D eigenvalue weighted by Gasteiger charge is -2.11. The lowest BCUT2D eigenvalue weighted by atomic mass is 10.0. The van der Waals surface area contributed by atoms with Crippen LogP contribution in [-0.2, 0) is 0 Å². The summed E-state index contributed by atoms with van der Waals surface area (Å²) < 4.78 is 28.4. The smallest absolute Gasteiger partial charge is 0.387 e. The number of hydrogen-bond acceptors (Lipinski definition) is 3. The average Bonchev–Trinajstić information content (AvgIpc) is 2.19. The Balaban J connectivity index is 3.31. The average molecular weight is 228 g/mol. The zero-order chi connectivity index (χ0) is 12.3. The van der Waals surface area contributed by atoms with E-state index in [0.29, 0.717) is 11.8 Å². The van der Waals surface area contributed by atoms with Crippen molar-refractivity contribution in [2.45, 2.75) is 20.5 Å². The Labute approximate surface area is 91.0 Å². The fraction of sp³-hybridized carbons (Fsp3) is 0.273. The Morgan fingerprint density at radius 3 is 2.50 bits per heavy atom. The summed E-state index contributed by atoms with van der Waals surface area (Å²) in [5.41, 5.74) is 0.644. The summed E-state index contributed by atoms with van der Waals surface area (Å²) in [7, 11) is 0. The molecular weight excluding hydrogens is 218 g/mol. The number of carbonyl (C=O) groups is 2. The van der Waals surface area contributed by atoms with Gasteiger partial charge in [0.2, 0.25) is 0 Å². The zero-order valence-corrected chi connectivity index (χ0v) is 8.79. The van der Waals surface area contributed by atoms with E-state index in [-0.39, 0.29) is 22.7 Å². The fourth-order valence-electron chi connectivity index (χ4n) is 1.36. The maximum Gasteiger partial charge on any atom is 0.387 e. The molecule has 0 atom stereocenters.